The summed E-state index contributed by atoms with van der Waals surface area (Å²) >= 11 is 0. The third-order valence-electron chi connectivity index (χ3n) is 13.5. The molecule has 0 N–H and O–H groups in total. The van der Waals surface area contributed by atoms with Crippen molar-refractivity contribution < 1.29 is 4.42 Å². The number of furan rings is 1. The van der Waals surface area contributed by atoms with Crippen LogP contribution in [0.25, 0.3) is 106 Å². The number of nitrogens with zero attached hydrogens (tertiary/aromatic N) is 6. The van der Waals surface area contributed by atoms with Crippen LogP contribution in [0.4, 0.5) is 0 Å². The van der Waals surface area contributed by atoms with Crippen molar-refractivity contribution >= 4 is 77.6 Å². The fraction of sp³-hybridized carbons (Fsp3) is 0.0702. The van der Waals surface area contributed by atoms with Crippen LogP contribution in [-0.4, -0.2) is 13.7 Å². The number of benzene rings is 7. The van der Waals surface area contributed by atoms with Crippen molar-refractivity contribution in [2.75, 3.05) is 0 Å². The molecule has 0 saturated heterocycles. The van der Waals surface area contributed by atoms with Crippen molar-refractivity contribution in [1.29, 1.82) is 15.8 Å². The molecule has 7 heteroatoms. The van der Waals surface area contributed by atoms with Crippen LogP contribution in [0, 0.1) is 34.0 Å². The van der Waals surface area contributed by atoms with Gasteiger partial charge in [0.2, 0.25) is 0 Å². The lowest BCUT2D eigenvalue weighted by Gasteiger charge is -2.27. The van der Waals surface area contributed by atoms with Gasteiger partial charge in [0.15, 0.2) is 0 Å². The molecule has 0 fully saturated rings. The molecule has 0 amide bonds. The van der Waals surface area contributed by atoms with Crippen LogP contribution in [0.15, 0.2) is 150 Å². The minimum absolute atomic E-state index is 0.347. The Morgan fingerprint density at radius 3 is 1.70 bits per heavy atom. The van der Waals surface area contributed by atoms with Crippen molar-refractivity contribution in [2.24, 2.45) is 0 Å². The van der Waals surface area contributed by atoms with Gasteiger partial charge in [-0.25, -0.2) is 0 Å². The molecule has 7 aromatic carbocycles. The van der Waals surface area contributed by atoms with Crippen LogP contribution < -0.4 is 0 Å². The maximum Gasteiger partial charge on any atom is 0.137 e. The van der Waals surface area contributed by atoms with Crippen molar-refractivity contribution in [3.8, 4) is 46.4 Å². The summed E-state index contributed by atoms with van der Waals surface area (Å²) in [7, 11) is 0. The zero-order valence-corrected chi connectivity index (χ0v) is 34.4. The summed E-state index contributed by atoms with van der Waals surface area (Å²) in [5, 5.41) is 40.5. The van der Waals surface area contributed by atoms with Gasteiger partial charge in [-0.15, -0.1) is 0 Å². The van der Waals surface area contributed by atoms with Gasteiger partial charge in [0, 0.05) is 50.2 Å². The Balaban J connectivity index is 1.35. The molecule has 0 atom stereocenters. The Kier molecular flexibility index (Phi) is 7.62. The number of aromatic nitrogens is 3. The van der Waals surface area contributed by atoms with Crippen LogP contribution in [0.5, 0.6) is 0 Å². The number of fused-ring (bicyclic) bond motifs is 13. The van der Waals surface area contributed by atoms with E-state index in [1.165, 1.54) is 5.56 Å². The first-order chi connectivity index (χ1) is 31.7. The molecule has 4 heterocycles. The minimum atomic E-state index is 0.347. The SMILES string of the molecule is N#Cc1ccc(-c2c(-n3c4c(c5ccccc53)CCC=C4)c(C#N)c(-n3c4ccccc4c4ccc5oc6c(c5c43)C=CCC6)c(C#N)c2-n2c3ccccc3c3ccccc32)cc1. The Bertz CT molecular complexity index is 3990. The third kappa shape index (κ3) is 4.77. The van der Waals surface area contributed by atoms with E-state index in [1.54, 1.807) is 0 Å². The van der Waals surface area contributed by atoms with Crippen LogP contribution >= 0.6 is 0 Å². The molecule has 0 saturated carbocycles. The molecule has 0 unspecified atom stereocenters. The predicted molar refractivity (Wildman–Crippen MR) is 256 cm³/mol. The molecule has 0 radical (unpaired) electrons. The molecule has 11 aromatic rings. The molecule has 0 spiro atoms. The number of hydrogen-bond acceptors (Lipinski definition) is 4. The van der Waals surface area contributed by atoms with Crippen molar-refractivity contribution in [2.45, 2.75) is 25.7 Å². The molecule has 7 nitrogen and oxygen atoms in total. The molecular formula is C57H34N6O. The average Bonchev–Trinajstić information content (AvgIpc) is 4.09. The number of para-hydroxylation sites is 4. The molecule has 0 bridgehead atoms. The predicted octanol–water partition coefficient (Wildman–Crippen LogP) is 13.8. The fourth-order valence-electron chi connectivity index (χ4n) is 10.9. The van der Waals surface area contributed by atoms with Crippen LogP contribution in [0.2, 0.25) is 0 Å². The van der Waals surface area contributed by atoms with E-state index >= 15 is 0 Å². The van der Waals surface area contributed by atoms with Gasteiger partial charge in [-0.3, -0.25) is 0 Å². The van der Waals surface area contributed by atoms with E-state index in [0.717, 1.165) is 114 Å². The summed E-state index contributed by atoms with van der Waals surface area (Å²) in [6.45, 7) is 0. The molecule has 4 aromatic heterocycles. The van der Waals surface area contributed by atoms with Crippen molar-refractivity contribution in [3.05, 3.63) is 185 Å². The second-order valence-electron chi connectivity index (χ2n) is 16.7. The normalized spacial score (nSPS) is 13.2. The van der Waals surface area contributed by atoms with E-state index in [-0.39, 0.29) is 0 Å². The lowest BCUT2D eigenvalue weighted by Crippen LogP contribution is -2.15. The maximum atomic E-state index is 12.1. The zero-order chi connectivity index (χ0) is 42.6. The van der Waals surface area contributed by atoms with Gasteiger partial charge in [-0.1, -0.05) is 103 Å². The highest BCUT2D eigenvalue weighted by Gasteiger charge is 2.34. The van der Waals surface area contributed by atoms with E-state index in [9.17, 15) is 15.8 Å². The zero-order valence-electron chi connectivity index (χ0n) is 34.4. The first-order valence-corrected chi connectivity index (χ1v) is 21.7. The molecular weight excluding hydrogens is 785 g/mol. The van der Waals surface area contributed by atoms with E-state index in [0.29, 0.717) is 39.3 Å². The van der Waals surface area contributed by atoms with E-state index < -0.39 is 0 Å². The Morgan fingerprint density at radius 1 is 0.484 bits per heavy atom. The molecule has 298 valence electrons. The standard InChI is InChI=1S/C57H34N6O/c58-31-34-25-27-35(28-26-34)52-56(61-45-19-7-1-13-36(45)37-14-2-8-20-46(37)61)43(32-59)54(44(33-60)57(52)62-47-21-9-3-15-38(47)39-16-4-10-22-48(39)62)63-49-23-11-5-17-40(49)41-29-30-51-53(55(41)63)42-18-6-12-24-50(42)64-51/h1-3,5-11,13-15,17-23,25-30H,4,12,16,24H2. The third-order valence-corrected chi connectivity index (χ3v) is 13.5. The molecule has 2 aliphatic rings. The topological polar surface area (TPSA) is 99.3 Å². The summed E-state index contributed by atoms with van der Waals surface area (Å²) < 4.78 is 13.3. The lowest BCUT2D eigenvalue weighted by atomic mass is 9.91. The number of hydrogen-bond donors (Lipinski definition) is 0. The van der Waals surface area contributed by atoms with Gasteiger partial charge in [-0.05, 0) is 85.0 Å². The number of allylic oxidation sites excluding steroid dienone is 2. The van der Waals surface area contributed by atoms with Gasteiger partial charge in [0.1, 0.15) is 34.6 Å². The molecule has 64 heavy (non-hydrogen) atoms. The Hall–Kier alpha value is -8.83. The summed E-state index contributed by atoms with van der Waals surface area (Å²) in [5.41, 5.74) is 13.1. The van der Waals surface area contributed by atoms with Crippen LogP contribution in [0.1, 0.15) is 52.1 Å². The van der Waals surface area contributed by atoms with E-state index in [2.05, 4.69) is 141 Å². The highest BCUT2D eigenvalue weighted by molar-refractivity contribution is 6.20. The molecule has 0 aliphatic heterocycles. The number of rotatable bonds is 4. The first kappa shape index (κ1) is 35.9. The Morgan fingerprint density at radius 2 is 1.05 bits per heavy atom. The van der Waals surface area contributed by atoms with Gasteiger partial charge < -0.3 is 18.1 Å². The van der Waals surface area contributed by atoms with E-state index in [4.69, 9.17) is 4.42 Å². The fourth-order valence-corrected chi connectivity index (χ4v) is 10.9. The number of aryl methyl sites for hydroxylation is 2. The average molecular weight is 819 g/mol. The minimum Gasteiger partial charge on any atom is -0.460 e. The lowest BCUT2D eigenvalue weighted by molar-refractivity contribution is 0.546. The van der Waals surface area contributed by atoms with Gasteiger partial charge >= 0.3 is 0 Å². The van der Waals surface area contributed by atoms with Crippen LogP contribution in [-0.2, 0) is 12.8 Å². The molecule has 13 rings (SSSR count). The monoisotopic (exact) mass is 818 g/mol. The van der Waals surface area contributed by atoms with Crippen molar-refractivity contribution in [3.63, 3.8) is 0 Å². The van der Waals surface area contributed by atoms with Gasteiger partial charge in [-0.2, -0.15) is 15.8 Å². The highest BCUT2D eigenvalue weighted by Crippen LogP contribution is 2.50. The largest absolute Gasteiger partial charge is 0.460 e. The summed E-state index contributed by atoms with van der Waals surface area (Å²) in [6.07, 6.45) is 12.2. The Labute approximate surface area is 367 Å². The maximum absolute atomic E-state index is 12.1. The highest BCUT2D eigenvalue weighted by atomic mass is 16.3. The smallest absolute Gasteiger partial charge is 0.137 e. The van der Waals surface area contributed by atoms with Crippen molar-refractivity contribution in [1.82, 2.24) is 13.7 Å². The second kappa shape index (κ2) is 13.6. The van der Waals surface area contributed by atoms with Gasteiger partial charge in [0.25, 0.3) is 0 Å². The summed E-state index contributed by atoms with van der Waals surface area (Å²) in [5.74, 6) is 0.933. The quantitative estimate of drug-likeness (QED) is 0.176. The van der Waals surface area contributed by atoms with E-state index in [1.807, 2.05) is 48.5 Å². The first-order valence-electron chi connectivity index (χ1n) is 21.7. The summed E-state index contributed by atoms with van der Waals surface area (Å²) in [6, 6.07) is 53.0. The molecule has 2 aliphatic carbocycles. The van der Waals surface area contributed by atoms with Gasteiger partial charge in [0.05, 0.1) is 61.7 Å². The second-order valence-corrected chi connectivity index (χ2v) is 16.7. The summed E-state index contributed by atoms with van der Waals surface area (Å²) in [4.78, 5) is 0. The number of nitriles is 3. The van der Waals surface area contributed by atoms with Crippen LogP contribution in [0.3, 0.4) is 0 Å².